The Labute approximate surface area is 158 Å². The van der Waals surface area contributed by atoms with Gasteiger partial charge in [0.15, 0.2) is 0 Å². The van der Waals surface area contributed by atoms with Gasteiger partial charge in [-0.15, -0.1) is 5.10 Å². The minimum atomic E-state index is 0.309. The van der Waals surface area contributed by atoms with Crippen LogP contribution in [-0.4, -0.2) is 52.3 Å². The van der Waals surface area contributed by atoms with Crippen LogP contribution in [0.15, 0.2) is 36.5 Å². The van der Waals surface area contributed by atoms with E-state index in [9.17, 15) is 0 Å². The molecule has 3 aromatic rings. The van der Waals surface area contributed by atoms with Gasteiger partial charge in [0.1, 0.15) is 5.82 Å². The molecule has 0 spiro atoms. The summed E-state index contributed by atoms with van der Waals surface area (Å²) in [6.45, 7) is 1.77. The minimum absolute atomic E-state index is 0.309. The van der Waals surface area contributed by atoms with Crippen molar-refractivity contribution in [3.05, 3.63) is 42.4 Å². The van der Waals surface area contributed by atoms with Crippen molar-refractivity contribution in [1.82, 2.24) is 25.1 Å². The van der Waals surface area contributed by atoms with Crippen LogP contribution in [0.1, 0.15) is 24.6 Å². The van der Waals surface area contributed by atoms with Crippen LogP contribution < -0.4 is 15.5 Å². The van der Waals surface area contributed by atoms with Crippen molar-refractivity contribution in [2.75, 3.05) is 42.7 Å². The van der Waals surface area contributed by atoms with Gasteiger partial charge in [-0.25, -0.2) is 9.97 Å². The van der Waals surface area contributed by atoms with Gasteiger partial charge in [-0.3, -0.25) is 5.10 Å². The molecule has 0 radical (unpaired) electrons. The van der Waals surface area contributed by atoms with Gasteiger partial charge in [0.05, 0.1) is 5.69 Å². The summed E-state index contributed by atoms with van der Waals surface area (Å²) in [5.41, 5.74) is 8.82. The zero-order valence-corrected chi connectivity index (χ0v) is 15.6. The molecule has 1 aliphatic heterocycles. The molecule has 2 aromatic heterocycles. The first kappa shape index (κ1) is 17.3. The molecule has 4 rings (SSSR count). The molecule has 27 heavy (non-hydrogen) atoms. The highest BCUT2D eigenvalue weighted by Gasteiger charge is 2.24. The Kier molecular flexibility index (Phi) is 4.62. The maximum Gasteiger partial charge on any atom is 0.239 e. The molecule has 3 heterocycles. The second-order valence-corrected chi connectivity index (χ2v) is 7.02. The summed E-state index contributed by atoms with van der Waals surface area (Å²) >= 11 is 0. The molecule has 1 aliphatic rings. The summed E-state index contributed by atoms with van der Waals surface area (Å²) in [4.78, 5) is 17.9. The second kappa shape index (κ2) is 7.22. The summed E-state index contributed by atoms with van der Waals surface area (Å²) in [6, 6.07) is 10.4. The van der Waals surface area contributed by atoms with E-state index in [1.165, 1.54) is 5.69 Å². The average molecular weight is 364 g/mol. The number of aromatic amines is 1. The van der Waals surface area contributed by atoms with Crippen molar-refractivity contribution >= 4 is 17.6 Å². The number of benzene rings is 1. The molecular weight excluding hydrogens is 340 g/mol. The number of anilines is 3. The van der Waals surface area contributed by atoms with Crippen molar-refractivity contribution < 1.29 is 0 Å². The normalized spacial score (nSPS) is 15.1. The lowest BCUT2D eigenvalue weighted by atomic mass is 9.96. The number of nitrogens with one attached hydrogen (secondary N) is 1. The van der Waals surface area contributed by atoms with Crippen molar-refractivity contribution in [3.8, 4) is 11.3 Å². The molecule has 8 nitrogen and oxygen atoms in total. The Balaban J connectivity index is 1.46. The van der Waals surface area contributed by atoms with E-state index in [-0.39, 0.29) is 0 Å². The van der Waals surface area contributed by atoms with Gasteiger partial charge in [-0.2, -0.15) is 4.98 Å². The van der Waals surface area contributed by atoms with Gasteiger partial charge in [-0.1, -0.05) is 12.1 Å². The number of hydrogen-bond acceptors (Lipinski definition) is 7. The van der Waals surface area contributed by atoms with Gasteiger partial charge in [0, 0.05) is 50.6 Å². The summed E-state index contributed by atoms with van der Waals surface area (Å²) in [7, 11) is 4.07. The Bertz CT molecular complexity index is 894. The predicted molar refractivity (Wildman–Crippen MR) is 107 cm³/mol. The highest BCUT2D eigenvalue weighted by atomic mass is 15.3. The number of hydrogen-bond donors (Lipinski definition) is 2. The number of H-pyrrole nitrogens is 1. The first-order valence-electron chi connectivity index (χ1n) is 9.13. The molecule has 0 atom stereocenters. The van der Waals surface area contributed by atoms with Crippen LogP contribution >= 0.6 is 0 Å². The first-order valence-corrected chi connectivity index (χ1v) is 9.13. The third-order valence-electron chi connectivity index (χ3n) is 5.01. The zero-order chi connectivity index (χ0) is 18.8. The van der Waals surface area contributed by atoms with E-state index in [0.717, 1.165) is 49.0 Å². The van der Waals surface area contributed by atoms with Crippen LogP contribution in [0.2, 0.25) is 0 Å². The van der Waals surface area contributed by atoms with Gasteiger partial charge in [-0.05, 0) is 31.0 Å². The number of nitrogens with zero attached hydrogens (tertiary/aromatic N) is 6. The summed E-state index contributed by atoms with van der Waals surface area (Å²) in [6.07, 6.45) is 3.78. The Morgan fingerprint density at radius 1 is 1.07 bits per heavy atom. The van der Waals surface area contributed by atoms with E-state index in [1.807, 2.05) is 26.4 Å². The first-order chi connectivity index (χ1) is 13.1. The number of nitrogens with two attached hydrogens (primary N) is 1. The van der Waals surface area contributed by atoms with Crippen molar-refractivity contribution in [3.63, 3.8) is 0 Å². The molecular formula is C19H24N8. The number of rotatable bonds is 4. The lowest BCUT2D eigenvalue weighted by Gasteiger charge is -2.31. The highest BCUT2D eigenvalue weighted by Crippen LogP contribution is 2.28. The van der Waals surface area contributed by atoms with Crippen molar-refractivity contribution in [2.24, 2.45) is 0 Å². The zero-order valence-electron chi connectivity index (χ0n) is 15.6. The summed E-state index contributed by atoms with van der Waals surface area (Å²) < 4.78 is 0. The second-order valence-electron chi connectivity index (χ2n) is 7.02. The molecule has 3 N–H and O–H groups in total. The summed E-state index contributed by atoms with van der Waals surface area (Å²) in [5.74, 6) is 2.32. The van der Waals surface area contributed by atoms with Crippen LogP contribution in [-0.2, 0) is 0 Å². The molecule has 0 bridgehead atoms. The van der Waals surface area contributed by atoms with Crippen LogP contribution in [0.3, 0.4) is 0 Å². The van der Waals surface area contributed by atoms with Gasteiger partial charge >= 0.3 is 0 Å². The van der Waals surface area contributed by atoms with E-state index in [4.69, 9.17) is 10.7 Å². The molecule has 0 amide bonds. The monoisotopic (exact) mass is 364 g/mol. The van der Waals surface area contributed by atoms with Gasteiger partial charge in [0.25, 0.3) is 0 Å². The van der Waals surface area contributed by atoms with Crippen LogP contribution in [0, 0.1) is 0 Å². The molecule has 1 aromatic carbocycles. The maximum absolute atomic E-state index is 5.61. The third-order valence-corrected chi connectivity index (χ3v) is 5.01. The fraction of sp³-hybridized carbons (Fsp3) is 0.368. The van der Waals surface area contributed by atoms with Crippen molar-refractivity contribution in [2.45, 2.75) is 18.8 Å². The Morgan fingerprint density at radius 3 is 2.44 bits per heavy atom. The third kappa shape index (κ3) is 3.69. The van der Waals surface area contributed by atoms with E-state index < -0.39 is 0 Å². The minimum Gasteiger partial charge on any atom is -0.378 e. The molecule has 140 valence electrons. The molecule has 0 aliphatic carbocycles. The number of piperidine rings is 1. The highest BCUT2D eigenvalue weighted by molar-refractivity contribution is 5.63. The van der Waals surface area contributed by atoms with Crippen LogP contribution in [0.5, 0.6) is 0 Å². The van der Waals surface area contributed by atoms with Gasteiger partial charge < -0.3 is 15.5 Å². The maximum atomic E-state index is 5.61. The van der Waals surface area contributed by atoms with E-state index >= 15 is 0 Å². The molecule has 8 heteroatoms. The molecule has 1 saturated heterocycles. The SMILES string of the molecule is CN(C)c1ccc(-c2ccnc(N3CCC(c4nc(N)n[nH]4)CC3)n2)cc1. The lowest BCUT2D eigenvalue weighted by Crippen LogP contribution is -2.34. The Morgan fingerprint density at radius 2 is 1.81 bits per heavy atom. The fourth-order valence-corrected chi connectivity index (χ4v) is 3.42. The Hall–Kier alpha value is -3.16. The van der Waals surface area contributed by atoms with Gasteiger partial charge in [0.2, 0.25) is 11.9 Å². The molecule has 0 saturated carbocycles. The lowest BCUT2D eigenvalue weighted by molar-refractivity contribution is 0.482. The van der Waals surface area contributed by atoms with E-state index in [0.29, 0.717) is 11.9 Å². The largest absolute Gasteiger partial charge is 0.378 e. The van der Waals surface area contributed by atoms with Crippen LogP contribution in [0.25, 0.3) is 11.3 Å². The van der Waals surface area contributed by atoms with E-state index in [2.05, 4.69) is 54.2 Å². The summed E-state index contributed by atoms with van der Waals surface area (Å²) in [5, 5.41) is 6.86. The topological polar surface area (TPSA) is 99.9 Å². The predicted octanol–water partition coefficient (Wildman–Crippen LogP) is 2.29. The number of aromatic nitrogens is 5. The number of nitrogen functional groups attached to an aromatic ring is 1. The molecule has 1 fully saturated rings. The standard InChI is InChI=1S/C19H24N8/c1-26(2)15-5-3-13(4-6-15)16-7-10-21-19(22-16)27-11-8-14(9-12-27)17-23-18(20)25-24-17/h3-7,10,14H,8-9,11-12H2,1-2H3,(H3,20,23,24,25). The van der Waals surface area contributed by atoms with E-state index in [1.54, 1.807) is 0 Å². The quantitative estimate of drug-likeness (QED) is 0.732. The van der Waals surface area contributed by atoms with Crippen molar-refractivity contribution in [1.29, 1.82) is 0 Å². The smallest absolute Gasteiger partial charge is 0.239 e. The van der Waals surface area contributed by atoms with Crippen LogP contribution in [0.4, 0.5) is 17.6 Å². The molecule has 0 unspecified atom stereocenters. The fourth-order valence-electron chi connectivity index (χ4n) is 3.42. The average Bonchev–Trinajstić information content (AvgIpc) is 3.15.